The summed E-state index contributed by atoms with van der Waals surface area (Å²) in [5.41, 5.74) is 6.48. The summed E-state index contributed by atoms with van der Waals surface area (Å²) in [6.07, 6.45) is 10.9. The molecular formula is C25H26N6O6S2. The zero-order chi connectivity index (χ0) is 27.7. The average molecular weight is 571 g/mol. The number of oxime groups is 1. The third kappa shape index (κ3) is 5.24. The lowest BCUT2D eigenvalue weighted by molar-refractivity contribution is -0.150. The zero-order valence-electron chi connectivity index (χ0n) is 20.8. The summed E-state index contributed by atoms with van der Waals surface area (Å²) in [6.45, 7) is 0.629. The molecule has 3 fully saturated rings. The number of fused-ring (bicyclic) bond motifs is 1. The molecule has 2 saturated heterocycles. The molecule has 0 radical (unpaired) electrons. The molecule has 0 spiro atoms. The molecule has 12 nitrogen and oxygen atoms in total. The highest BCUT2D eigenvalue weighted by molar-refractivity contribution is 8.00. The second-order valence-corrected chi connectivity index (χ2v) is 11.4. The molecule has 2 atom stereocenters. The van der Waals surface area contributed by atoms with Gasteiger partial charge in [-0.3, -0.25) is 19.3 Å². The molecule has 0 aromatic carbocycles. The van der Waals surface area contributed by atoms with Crippen molar-refractivity contribution in [3.05, 3.63) is 34.0 Å². The van der Waals surface area contributed by atoms with Gasteiger partial charge in [-0.2, -0.15) is 0 Å². The number of hydrogen-bond acceptors (Lipinski definition) is 10. The predicted octanol–water partition coefficient (Wildman–Crippen LogP) is 0.919. The topological polar surface area (TPSA) is 168 Å². The van der Waals surface area contributed by atoms with E-state index < -0.39 is 29.2 Å². The lowest BCUT2D eigenvalue weighted by Crippen LogP contribution is -2.71. The van der Waals surface area contributed by atoms with E-state index in [1.54, 1.807) is 11.5 Å². The Kier molecular flexibility index (Phi) is 7.62. The molecule has 3 aliphatic heterocycles. The molecule has 5 rings (SSSR count). The number of carbonyl (C=O) groups is 4. The van der Waals surface area contributed by atoms with Gasteiger partial charge in [-0.05, 0) is 43.8 Å². The smallest absolute Gasteiger partial charge is 0.352 e. The first-order valence-electron chi connectivity index (χ1n) is 12.4. The van der Waals surface area contributed by atoms with E-state index in [0.717, 1.165) is 41.9 Å². The van der Waals surface area contributed by atoms with Gasteiger partial charge in [-0.25, -0.2) is 9.78 Å². The van der Waals surface area contributed by atoms with Gasteiger partial charge in [0.25, 0.3) is 17.7 Å². The number of nitrogens with zero attached hydrogens (tertiary/aromatic N) is 4. The number of anilines is 1. The normalized spacial score (nSPS) is 24.6. The van der Waals surface area contributed by atoms with Gasteiger partial charge in [0.2, 0.25) is 0 Å². The van der Waals surface area contributed by atoms with Crippen LogP contribution in [0.4, 0.5) is 5.13 Å². The standard InChI is InChI=1S/C25H26N6O6S2/c1-2-8-30-9-7-13(21(30)33)10-14-11-38-23-18(22(34)31(23)19(14)24(35)36)28-20(32)17(16-12-39-25(26)27-16)29-37-15-5-3-4-6-15/h1,10,12,15,18,23H,3-9,11H2,(H2,26,27)(H,28,32)(H,35,36)/b13-10?,29-17-/t18-,23-/m1/s1. The number of terminal acetylenes is 1. The van der Waals surface area contributed by atoms with Gasteiger partial charge in [0, 0.05) is 23.3 Å². The van der Waals surface area contributed by atoms with Crippen molar-refractivity contribution in [2.24, 2.45) is 5.16 Å². The summed E-state index contributed by atoms with van der Waals surface area (Å²) in [5.74, 6) is -0.105. The molecule has 1 aromatic heterocycles. The van der Waals surface area contributed by atoms with E-state index in [2.05, 4.69) is 21.4 Å². The molecule has 4 aliphatic rings. The summed E-state index contributed by atoms with van der Waals surface area (Å²) in [4.78, 5) is 63.6. The fourth-order valence-electron chi connectivity index (χ4n) is 4.96. The number of carboxylic acids is 1. The van der Waals surface area contributed by atoms with Crippen LogP contribution in [-0.4, -0.2) is 85.7 Å². The number of carbonyl (C=O) groups excluding carboxylic acids is 3. The van der Waals surface area contributed by atoms with Crippen molar-refractivity contribution in [1.29, 1.82) is 0 Å². The van der Waals surface area contributed by atoms with Gasteiger partial charge >= 0.3 is 5.97 Å². The Morgan fingerprint density at radius 2 is 2.13 bits per heavy atom. The number of allylic oxidation sites excluding steroid dienone is 1. The largest absolute Gasteiger partial charge is 0.477 e. The number of nitrogen functional groups attached to an aromatic ring is 1. The van der Waals surface area contributed by atoms with Gasteiger partial charge in [-0.1, -0.05) is 11.1 Å². The van der Waals surface area contributed by atoms with Crippen molar-refractivity contribution in [2.75, 3.05) is 24.6 Å². The molecule has 14 heteroatoms. The first kappa shape index (κ1) is 26.8. The van der Waals surface area contributed by atoms with Crippen LogP contribution >= 0.6 is 23.1 Å². The average Bonchev–Trinajstić information content (AvgIpc) is 3.66. The summed E-state index contributed by atoms with van der Waals surface area (Å²) in [5, 5.41) is 17.9. The van der Waals surface area contributed by atoms with E-state index >= 15 is 0 Å². The van der Waals surface area contributed by atoms with E-state index in [4.69, 9.17) is 17.0 Å². The van der Waals surface area contributed by atoms with Crippen LogP contribution in [-0.2, 0) is 24.0 Å². The van der Waals surface area contributed by atoms with Crippen molar-refractivity contribution in [3.8, 4) is 12.3 Å². The molecule has 4 N–H and O–H groups in total. The molecule has 1 aliphatic carbocycles. The van der Waals surface area contributed by atoms with Crippen LogP contribution in [0.3, 0.4) is 0 Å². The molecule has 39 heavy (non-hydrogen) atoms. The van der Waals surface area contributed by atoms with Crippen molar-refractivity contribution >= 4 is 57.6 Å². The molecule has 3 amide bonds. The maximum atomic E-state index is 13.2. The number of thioether (sulfide) groups is 1. The Morgan fingerprint density at radius 3 is 2.79 bits per heavy atom. The molecule has 1 aromatic rings. The van der Waals surface area contributed by atoms with Crippen molar-refractivity contribution in [2.45, 2.75) is 49.6 Å². The van der Waals surface area contributed by atoms with Gasteiger partial charge in [-0.15, -0.1) is 29.5 Å². The molecule has 4 heterocycles. The fourth-order valence-corrected chi connectivity index (χ4v) is 6.81. The minimum absolute atomic E-state index is 0.0975. The third-order valence-corrected chi connectivity index (χ3v) is 8.88. The predicted molar refractivity (Wildman–Crippen MR) is 144 cm³/mol. The van der Waals surface area contributed by atoms with Crippen LogP contribution in [0.1, 0.15) is 37.8 Å². The summed E-state index contributed by atoms with van der Waals surface area (Å²) >= 11 is 2.44. The first-order valence-corrected chi connectivity index (χ1v) is 14.3. The number of thiazole rings is 1. The number of carboxylic acid groups (broad SMARTS) is 1. The van der Waals surface area contributed by atoms with Crippen molar-refractivity contribution in [1.82, 2.24) is 20.1 Å². The maximum Gasteiger partial charge on any atom is 0.352 e. The van der Waals surface area contributed by atoms with E-state index in [1.807, 2.05) is 0 Å². The second kappa shape index (κ2) is 11.1. The Labute approximate surface area is 232 Å². The van der Waals surface area contributed by atoms with Crippen LogP contribution in [0.2, 0.25) is 0 Å². The number of hydrogen-bond donors (Lipinski definition) is 3. The van der Waals surface area contributed by atoms with Crippen LogP contribution in [0.25, 0.3) is 0 Å². The van der Waals surface area contributed by atoms with E-state index in [9.17, 15) is 24.3 Å². The van der Waals surface area contributed by atoms with Gasteiger partial charge in [0.05, 0.1) is 6.54 Å². The monoisotopic (exact) mass is 570 g/mol. The minimum atomic E-state index is -1.29. The highest BCUT2D eigenvalue weighted by Gasteiger charge is 2.54. The van der Waals surface area contributed by atoms with Crippen LogP contribution in [0.15, 0.2) is 33.5 Å². The number of β-lactam (4-membered cyclic amide) rings is 1. The molecule has 204 valence electrons. The van der Waals surface area contributed by atoms with E-state index in [-0.39, 0.29) is 46.5 Å². The van der Waals surface area contributed by atoms with Gasteiger partial charge in [0.15, 0.2) is 10.8 Å². The fraction of sp³-hybridized carbons (Fsp3) is 0.440. The SMILES string of the molecule is C#CCN1CCC(=CC2=C(C(=O)O)N3C(=O)[C@@H](NC(=O)/C(=N\OC4CCCC4)c4csc(N)n4)[C@H]3SC2)C1=O. The van der Waals surface area contributed by atoms with E-state index in [1.165, 1.54) is 16.7 Å². The first-order chi connectivity index (χ1) is 18.8. The van der Waals surface area contributed by atoms with E-state index in [0.29, 0.717) is 24.1 Å². The van der Waals surface area contributed by atoms with Crippen LogP contribution in [0.5, 0.6) is 0 Å². The summed E-state index contributed by atoms with van der Waals surface area (Å²) in [6, 6.07) is -0.974. The van der Waals surface area contributed by atoms with Crippen molar-refractivity contribution in [3.63, 3.8) is 0 Å². The number of aromatic nitrogens is 1. The highest BCUT2D eigenvalue weighted by atomic mass is 32.2. The maximum absolute atomic E-state index is 13.2. The molecule has 1 saturated carbocycles. The van der Waals surface area contributed by atoms with Gasteiger partial charge < -0.3 is 25.9 Å². The Morgan fingerprint density at radius 1 is 1.36 bits per heavy atom. The summed E-state index contributed by atoms with van der Waals surface area (Å²) < 4.78 is 0. The third-order valence-electron chi connectivity index (χ3n) is 6.91. The number of nitrogens with two attached hydrogens (primary N) is 1. The number of amides is 3. The Hall–Kier alpha value is -3.83. The molecular weight excluding hydrogens is 544 g/mol. The lowest BCUT2D eigenvalue weighted by atomic mass is 10.0. The second-order valence-electron chi connectivity index (χ2n) is 9.41. The van der Waals surface area contributed by atoms with Crippen LogP contribution in [0, 0.1) is 12.3 Å². The Bertz CT molecular complexity index is 1350. The number of likely N-dealkylation sites (tertiary alicyclic amines) is 1. The zero-order valence-corrected chi connectivity index (χ0v) is 22.4. The van der Waals surface area contributed by atoms with Gasteiger partial charge in [0.1, 0.15) is 28.9 Å². The molecule has 0 unspecified atom stereocenters. The summed E-state index contributed by atoms with van der Waals surface area (Å²) in [7, 11) is 0. The number of aliphatic carboxylic acids is 1. The van der Waals surface area contributed by atoms with Crippen LogP contribution < -0.4 is 11.1 Å². The number of nitrogens with one attached hydrogen (secondary N) is 1. The Balaban J connectivity index is 1.34. The quantitative estimate of drug-likeness (QED) is 0.135. The molecule has 0 bridgehead atoms. The highest BCUT2D eigenvalue weighted by Crippen LogP contribution is 2.41. The number of rotatable bonds is 8. The minimum Gasteiger partial charge on any atom is -0.477 e. The lowest BCUT2D eigenvalue weighted by Gasteiger charge is -2.49. The van der Waals surface area contributed by atoms with Crippen molar-refractivity contribution < 1.29 is 29.1 Å².